The van der Waals surface area contributed by atoms with Gasteiger partial charge in [0.1, 0.15) is 0 Å². The minimum absolute atomic E-state index is 0.172. The first-order valence-electron chi connectivity index (χ1n) is 9.46. The summed E-state index contributed by atoms with van der Waals surface area (Å²) in [5.74, 6) is 0.184. The topological polar surface area (TPSA) is 42.0 Å². The second kappa shape index (κ2) is 8.79. The van der Waals surface area contributed by atoms with Crippen LogP contribution in [0.5, 0.6) is 0 Å². The van der Waals surface area contributed by atoms with Crippen LogP contribution >= 0.6 is 0 Å². The fourth-order valence-corrected chi connectivity index (χ4v) is 3.72. The lowest BCUT2D eigenvalue weighted by Gasteiger charge is -2.39. The first kappa shape index (κ1) is 18.4. The van der Waals surface area contributed by atoms with Crippen LogP contribution in [0.3, 0.4) is 0 Å². The van der Waals surface area contributed by atoms with Crippen molar-refractivity contribution in [2.75, 3.05) is 26.3 Å². The summed E-state index contributed by atoms with van der Waals surface area (Å²) in [6.45, 7) is 7.53. The molecule has 1 atom stereocenters. The number of benzene rings is 1. The molecule has 0 radical (unpaired) electrons. The molecule has 2 aliphatic rings. The minimum Gasteiger partial charge on any atom is -0.349 e. The molecule has 1 unspecified atom stereocenters. The molecule has 2 saturated heterocycles. The lowest BCUT2D eigenvalue weighted by Crippen LogP contribution is -2.52. The van der Waals surface area contributed by atoms with Crippen molar-refractivity contribution in [2.24, 2.45) is 0 Å². The smallest absolute Gasteiger partial charge is 0.237 e. The largest absolute Gasteiger partial charge is 0.349 e. The summed E-state index contributed by atoms with van der Waals surface area (Å²) in [7, 11) is 0. The maximum Gasteiger partial charge on any atom is 0.237 e. The Bertz CT molecular complexity index is 543. The Morgan fingerprint density at radius 1 is 1.20 bits per heavy atom. The van der Waals surface area contributed by atoms with Crippen molar-refractivity contribution >= 4 is 5.91 Å². The normalized spacial score (nSPS) is 22.4. The molecule has 2 fully saturated rings. The highest BCUT2D eigenvalue weighted by Gasteiger charge is 2.35. The molecule has 0 bridgehead atoms. The van der Waals surface area contributed by atoms with Crippen LogP contribution < -0.4 is 0 Å². The SMILES string of the molecule is CC(C)N(Cc1ccccc1)C(=O)CN1CCCCC1C1OCCO1. The van der Waals surface area contributed by atoms with Gasteiger partial charge in [-0.05, 0) is 38.8 Å². The Kier molecular flexibility index (Phi) is 6.45. The van der Waals surface area contributed by atoms with Crippen molar-refractivity contribution in [3.63, 3.8) is 0 Å². The van der Waals surface area contributed by atoms with E-state index < -0.39 is 0 Å². The molecule has 3 rings (SSSR count). The van der Waals surface area contributed by atoms with Gasteiger partial charge in [0.05, 0.1) is 25.8 Å². The molecule has 0 spiro atoms. The fourth-order valence-electron chi connectivity index (χ4n) is 3.72. The highest BCUT2D eigenvalue weighted by atomic mass is 16.7. The third kappa shape index (κ3) is 4.81. The van der Waals surface area contributed by atoms with Gasteiger partial charge in [0.15, 0.2) is 6.29 Å². The van der Waals surface area contributed by atoms with E-state index in [-0.39, 0.29) is 24.3 Å². The number of nitrogens with zero attached hydrogens (tertiary/aromatic N) is 2. The minimum atomic E-state index is -0.172. The number of hydrogen-bond donors (Lipinski definition) is 0. The van der Waals surface area contributed by atoms with Crippen molar-refractivity contribution in [1.82, 2.24) is 9.80 Å². The van der Waals surface area contributed by atoms with Crippen molar-refractivity contribution in [2.45, 2.75) is 58.0 Å². The third-order valence-electron chi connectivity index (χ3n) is 5.10. The van der Waals surface area contributed by atoms with Gasteiger partial charge in [-0.1, -0.05) is 36.8 Å². The molecule has 2 heterocycles. The number of likely N-dealkylation sites (tertiary alicyclic amines) is 1. The quantitative estimate of drug-likeness (QED) is 0.794. The number of carbonyl (C=O) groups excluding carboxylic acids is 1. The van der Waals surface area contributed by atoms with Gasteiger partial charge in [0, 0.05) is 12.6 Å². The van der Waals surface area contributed by atoms with Crippen molar-refractivity contribution in [1.29, 1.82) is 0 Å². The maximum absolute atomic E-state index is 13.0. The highest BCUT2D eigenvalue weighted by Crippen LogP contribution is 2.24. The maximum atomic E-state index is 13.0. The van der Waals surface area contributed by atoms with Gasteiger partial charge in [-0.25, -0.2) is 0 Å². The van der Waals surface area contributed by atoms with Crippen LogP contribution in [-0.2, 0) is 20.8 Å². The van der Waals surface area contributed by atoms with Crippen LogP contribution in [0.15, 0.2) is 30.3 Å². The Morgan fingerprint density at radius 3 is 2.60 bits per heavy atom. The molecule has 1 aromatic rings. The number of rotatable bonds is 6. The Hall–Kier alpha value is -1.43. The van der Waals surface area contributed by atoms with E-state index in [4.69, 9.17) is 9.47 Å². The van der Waals surface area contributed by atoms with Crippen molar-refractivity contribution < 1.29 is 14.3 Å². The number of ether oxygens (including phenoxy) is 2. The first-order chi connectivity index (χ1) is 12.1. The zero-order valence-electron chi connectivity index (χ0n) is 15.4. The predicted octanol–water partition coefficient (Wildman–Crippen LogP) is 2.65. The monoisotopic (exact) mass is 346 g/mol. The van der Waals surface area contributed by atoms with Gasteiger partial charge in [0.2, 0.25) is 5.91 Å². The molecule has 138 valence electrons. The van der Waals surface area contributed by atoms with E-state index in [1.54, 1.807) is 0 Å². The molecule has 2 aliphatic heterocycles. The Labute approximate surface area is 150 Å². The third-order valence-corrected chi connectivity index (χ3v) is 5.10. The number of amides is 1. The summed E-state index contributed by atoms with van der Waals surface area (Å²) in [5, 5.41) is 0. The first-order valence-corrected chi connectivity index (χ1v) is 9.46. The van der Waals surface area contributed by atoms with E-state index in [1.165, 1.54) is 12.0 Å². The van der Waals surface area contributed by atoms with Crippen LogP contribution in [-0.4, -0.2) is 60.4 Å². The molecular weight excluding hydrogens is 316 g/mol. The average molecular weight is 346 g/mol. The van der Waals surface area contributed by atoms with E-state index in [9.17, 15) is 4.79 Å². The predicted molar refractivity (Wildman–Crippen MR) is 97.0 cm³/mol. The molecule has 5 heteroatoms. The van der Waals surface area contributed by atoms with E-state index in [2.05, 4.69) is 30.9 Å². The van der Waals surface area contributed by atoms with Crippen molar-refractivity contribution in [3.8, 4) is 0 Å². The molecule has 1 amide bonds. The van der Waals surface area contributed by atoms with Gasteiger partial charge >= 0.3 is 0 Å². The molecular formula is C20H30N2O3. The molecule has 0 aliphatic carbocycles. The summed E-state index contributed by atoms with van der Waals surface area (Å²) in [6, 6.07) is 10.6. The number of piperidine rings is 1. The summed E-state index contributed by atoms with van der Waals surface area (Å²) in [6.07, 6.45) is 3.18. The molecule has 1 aromatic carbocycles. The molecule has 25 heavy (non-hydrogen) atoms. The second-order valence-corrected chi connectivity index (χ2v) is 7.24. The summed E-state index contributed by atoms with van der Waals surface area (Å²) in [4.78, 5) is 17.3. The van der Waals surface area contributed by atoms with E-state index >= 15 is 0 Å². The fraction of sp³-hybridized carbons (Fsp3) is 0.650. The van der Waals surface area contributed by atoms with E-state index in [0.29, 0.717) is 26.3 Å². The number of hydrogen-bond acceptors (Lipinski definition) is 4. The average Bonchev–Trinajstić information content (AvgIpc) is 3.15. The number of carbonyl (C=O) groups is 1. The standard InChI is InChI=1S/C20H30N2O3/c1-16(2)22(14-17-8-4-3-5-9-17)19(23)15-21-11-7-6-10-18(21)20-24-12-13-25-20/h3-5,8-9,16,18,20H,6-7,10-15H2,1-2H3. The Morgan fingerprint density at radius 2 is 1.92 bits per heavy atom. The molecule has 0 saturated carbocycles. The molecule has 0 N–H and O–H groups in total. The molecule has 5 nitrogen and oxygen atoms in total. The van der Waals surface area contributed by atoms with Gasteiger partial charge < -0.3 is 14.4 Å². The highest BCUT2D eigenvalue weighted by molar-refractivity contribution is 5.78. The van der Waals surface area contributed by atoms with E-state index in [0.717, 1.165) is 19.4 Å². The van der Waals surface area contributed by atoms with E-state index in [1.807, 2.05) is 23.1 Å². The van der Waals surface area contributed by atoms with Crippen LogP contribution in [0.25, 0.3) is 0 Å². The zero-order valence-corrected chi connectivity index (χ0v) is 15.4. The van der Waals surface area contributed by atoms with Crippen LogP contribution in [0, 0.1) is 0 Å². The lowest BCUT2D eigenvalue weighted by molar-refractivity contribution is -0.141. The van der Waals surface area contributed by atoms with Gasteiger partial charge in [0.25, 0.3) is 0 Å². The van der Waals surface area contributed by atoms with Crippen molar-refractivity contribution in [3.05, 3.63) is 35.9 Å². The lowest BCUT2D eigenvalue weighted by atomic mass is 10.0. The Balaban J connectivity index is 1.64. The van der Waals surface area contributed by atoms with Crippen LogP contribution in [0.2, 0.25) is 0 Å². The van der Waals surface area contributed by atoms with Crippen LogP contribution in [0.1, 0.15) is 38.7 Å². The molecule has 0 aromatic heterocycles. The summed E-state index contributed by atoms with van der Waals surface area (Å²) >= 11 is 0. The van der Waals surface area contributed by atoms with Gasteiger partial charge in [-0.15, -0.1) is 0 Å². The van der Waals surface area contributed by atoms with Gasteiger partial charge in [-0.2, -0.15) is 0 Å². The second-order valence-electron chi connectivity index (χ2n) is 7.24. The summed E-state index contributed by atoms with van der Waals surface area (Å²) < 4.78 is 11.4. The zero-order chi connectivity index (χ0) is 17.6. The van der Waals surface area contributed by atoms with Crippen LogP contribution in [0.4, 0.5) is 0 Å². The van der Waals surface area contributed by atoms with Gasteiger partial charge in [-0.3, -0.25) is 9.69 Å². The summed E-state index contributed by atoms with van der Waals surface area (Å²) in [5.41, 5.74) is 1.17.